The number of likely N-dealkylation sites (N-methyl/N-ethyl adjacent to an activating group) is 1. The molecule has 7 atom stereocenters. The van der Waals surface area contributed by atoms with E-state index in [1.807, 2.05) is 27.8 Å². The summed E-state index contributed by atoms with van der Waals surface area (Å²) in [5.41, 5.74) is 0. The second kappa shape index (κ2) is 11.8. The zero-order chi connectivity index (χ0) is 21.4. The maximum absolute atomic E-state index is 12.4. The van der Waals surface area contributed by atoms with E-state index in [9.17, 15) is 9.59 Å². The van der Waals surface area contributed by atoms with Crippen molar-refractivity contribution in [2.45, 2.75) is 73.0 Å². The SMILES string of the molecule is CC1CC(C)CC(C)C(=O)OCC(C)C(OC(=O)CO)C(C)N(C)CC(C)C1. The lowest BCUT2D eigenvalue weighted by Gasteiger charge is -2.36. The van der Waals surface area contributed by atoms with Crippen molar-refractivity contribution in [1.29, 1.82) is 0 Å². The molecule has 6 heteroatoms. The summed E-state index contributed by atoms with van der Waals surface area (Å²) in [5.74, 6) is 0.426. The van der Waals surface area contributed by atoms with E-state index in [0.29, 0.717) is 17.8 Å². The van der Waals surface area contributed by atoms with Gasteiger partial charge in [0.05, 0.1) is 12.5 Å². The third-order valence-electron chi connectivity index (χ3n) is 5.98. The highest BCUT2D eigenvalue weighted by Crippen LogP contribution is 2.27. The van der Waals surface area contributed by atoms with Crippen LogP contribution in [0, 0.1) is 29.6 Å². The molecule has 6 nitrogen and oxygen atoms in total. The first-order valence-electron chi connectivity index (χ1n) is 10.7. The van der Waals surface area contributed by atoms with Gasteiger partial charge in [0, 0.05) is 18.5 Å². The minimum Gasteiger partial charge on any atom is -0.465 e. The van der Waals surface area contributed by atoms with E-state index in [0.717, 1.165) is 25.8 Å². The first kappa shape index (κ1) is 24.9. The maximum Gasteiger partial charge on any atom is 0.332 e. The van der Waals surface area contributed by atoms with Crippen LogP contribution in [0.1, 0.15) is 60.8 Å². The average molecular weight is 400 g/mol. The molecule has 0 amide bonds. The molecule has 0 aromatic rings. The highest BCUT2D eigenvalue weighted by molar-refractivity contribution is 5.72. The fourth-order valence-electron chi connectivity index (χ4n) is 4.58. The number of cyclic esters (lactones) is 1. The molecule has 0 aromatic heterocycles. The van der Waals surface area contributed by atoms with Gasteiger partial charge in [0.15, 0.2) is 0 Å². The Morgan fingerprint density at radius 3 is 2.25 bits per heavy atom. The smallest absolute Gasteiger partial charge is 0.332 e. The summed E-state index contributed by atoms with van der Waals surface area (Å²) in [5, 5.41) is 9.11. The van der Waals surface area contributed by atoms with Crippen LogP contribution >= 0.6 is 0 Å². The Labute approximate surface area is 171 Å². The van der Waals surface area contributed by atoms with Crippen molar-refractivity contribution in [2.24, 2.45) is 29.6 Å². The van der Waals surface area contributed by atoms with Gasteiger partial charge in [-0.2, -0.15) is 0 Å². The number of carbonyl (C=O) groups is 2. The second-order valence-electron chi connectivity index (χ2n) is 9.32. The van der Waals surface area contributed by atoms with Crippen molar-refractivity contribution in [3.63, 3.8) is 0 Å². The molecule has 0 aliphatic carbocycles. The van der Waals surface area contributed by atoms with Crippen molar-refractivity contribution in [3.05, 3.63) is 0 Å². The van der Waals surface area contributed by atoms with Crippen LogP contribution in [0.5, 0.6) is 0 Å². The van der Waals surface area contributed by atoms with Crippen molar-refractivity contribution >= 4 is 11.9 Å². The quantitative estimate of drug-likeness (QED) is 0.719. The number of hydrogen-bond donors (Lipinski definition) is 1. The van der Waals surface area contributed by atoms with Crippen LogP contribution in [0.3, 0.4) is 0 Å². The number of rotatable bonds is 2. The lowest BCUT2D eigenvalue weighted by Crippen LogP contribution is -2.47. The normalized spacial score (nSPS) is 37.4. The topological polar surface area (TPSA) is 76.1 Å². The Morgan fingerprint density at radius 1 is 1.07 bits per heavy atom. The average Bonchev–Trinajstić information content (AvgIpc) is 2.61. The Bertz CT molecular complexity index is 497. The summed E-state index contributed by atoms with van der Waals surface area (Å²) < 4.78 is 11.1. The van der Waals surface area contributed by atoms with E-state index in [1.165, 1.54) is 0 Å². The Kier molecular flexibility index (Phi) is 10.5. The number of carbonyl (C=O) groups excluding carboxylic acids is 2. The Hall–Kier alpha value is -1.14. The van der Waals surface area contributed by atoms with Crippen LogP contribution in [0.15, 0.2) is 0 Å². The second-order valence-corrected chi connectivity index (χ2v) is 9.32. The van der Waals surface area contributed by atoms with E-state index in [4.69, 9.17) is 14.6 Å². The van der Waals surface area contributed by atoms with Crippen molar-refractivity contribution in [3.8, 4) is 0 Å². The molecule has 1 aliphatic rings. The van der Waals surface area contributed by atoms with Crippen LogP contribution in [-0.4, -0.2) is 60.9 Å². The molecule has 1 saturated heterocycles. The summed E-state index contributed by atoms with van der Waals surface area (Å²) >= 11 is 0. The molecule has 1 rings (SSSR count). The zero-order valence-electron chi connectivity index (χ0n) is 18.8. The number of aliphatic hydroxyl groups is 1. The molecule has 164 valence electrons. The number of ether oxygens (including phenoxy) is 2. The predicted molar refractivity (Wildman–Crippen MR) is 110 cm³/mol. The van der Waals surface area contributed by atoms with Gasteiger partial charge in [-0.05, 0) is 51.0 Å². The largest absolute Gasteiger partial charge is 0.465 e. The van der Waals surface area contributed by atoms with Gasteiger partial charge in [-0.3, -0.25) is 9.69 Å². The van der Waals surface area contributed by atoms with Crippen LogP contribution in [0.4, 0.5) is 0 Å². The van der Waals surface area contributed by atoms with Gasteiger partial charge in [-0.15, -0.1) is 0 Å². The molecule has 0 bridgehead atoms. The van der Waals surface area contributed by atoms with Gasteiger partial charge in [0.2, 0.25) is 0 Å². The number of nitrogens with zero attached hydrogens (tertiary/aromatic N) is 1. The van der Waals surface area contributed by atoms with Crippen LogP contribution in [0.25, 0.3) is 0 Å². The monoisotopic (exact) mass is 399 g/mol. The van der Waals surface area contributed by atoms with E-state index in [-0.39, 0.29) is 30.5 Å². The summed E-state index contributed by atoms with van der Waals surface area (Å²) in [6, 6.07) is -0.0524. The van der Waals surface area contributed by atoms with Gasteiger partial charge in [-0.25, -0.2) is 4.79 Å². The first-order valence-corrected chi connectivity index (χ1v) is 10.7. The van der Waals surface area contributed by atoms with Gasteiger partial charge >= 0.3 is 11.9 Å². The number of hydrogen-bond acceptors (Lipinski definition) is 6. The van der Waals surface area contributed by atoms with Crippen LogP contribution in [0.2, 0.25) is 0 Å². The van der Waals surface area contributed by atoms with Gasteiger partial charge in [-0.1, -0.05) is 34.6 Å². The van der Waals surface area contributed by atoms with E-state index >= 15 is 0 Å². The summed E-state index contributed by atoms with van der Waals surface area (Å²) in [4.78, 5) is 26.4. The van der Waals surface area contributed by atoms with Crippen LogP contribution < -0.4 is 0 Å². The lowest BCUT2D eigenvalue weighted by molar-refractivity contribution is -0.163. The minimum atomic E-state index is -0.651. The molecular formula is C22H41NO5. The minimum absolute atomic E-state index is 0.0524. The predicted octanol–water partition coefficient (Wildman–Crippen LogP) is 3.12. The molecule has 1 aliphatic heterocycles. The molecule has 0 radical (unpaired) electrons. The molecular weight excluding hydrogens is 358 g/mol. The van der Waals surface area contributed by atoms with E-state index in [1.54, 1.807) is 0 Å². The molecule has 7 unspecified atom stereocenters. The zero-order valence-corrected chi connectivity index (χ0v) is 18.8. The summed E-state index contributed by atoms with van der Waals surface area (Å²) in [6.07, 6.45) is 2.59. The van der Waals surface area contributed by atoms with Crippen LogP contribution in [-0.2, 0) is 19.1 Å². The molecule has 0 saturated carbocycles. The maximum atomic E-state index is 12.4. The number of aliphatic hydroxyl groups excluding tert-OH is 1. The van der Waals surface area contributed by atoms with Gasteiger partial charge < -0.3 is 14.6 Å². The van der Waals surface area contributed by atoms with Gasteiger partial charge in [0.1, 0.15) is 12.7 Å². The highest BCUT2D eigenvalue weighted by atomic mass is 16.6. The van der Waals surface area contributed by atoms with E-state index in [2.05, 4.69) is 25.7 Å². The van der Waals surface area contributed by atoms with Crippen molar-refractivity contribution in [1.82, 2.24) is 4.90 Å². The van der Waals surface area contributed by atoms with Crippen molar-refractivity contribution in [2.75, 3.05) is 26.8 Å². The third-order valence-corrected chi connectivity index (χ3v) is 5.98. The summed E-state index contributed by atoms with van der Waals surface area (Å²) in [6.45, 7) is 13.1. The first-order chi connectivity index (χ1) is 13.0. The number of esters is 2. The molecule has 1 heterocycles. The fourth-order valence-corrected chi connectivity index (χ4v) is 4.58. The highest BCUT2D eigenvalue weighted by Gasteiger charge is 2.32. The molecule has 0 aromatic carbocycles. The molecule has 1 fully saturated rings. The van der Waals surface area contributed by atoms with E-state index < -0.39 is 18.7 Å². The lowest BCUT2D eigenvalue weighted by atomic mass is 9.85. The van der Waals surface area contributed by atoms with Gasteiger partial charge in [0.25, 0.3) is 0 Å². The Balaban J connectivity index is 3.02. The molecule has 0 spiro atoms. The molecule has 1 N–H and O–H groups in total. The fraction of sp³-hybridized carbons (Fsp3) is 0.909. The third kappa shape index (κ3) is 8.08. The standard InChI is InChI=1S/C22H41NO5/c1-14-8-15(2)10-17(4)22(26)27-13-18(5)21(28-20(25)12-24)19(6)23(7)11-16(3)9-14/h14-19,21,24H,8-13H2,1-7H3. The molecule has 28 heavy (non-hydrogen) atoms. The van der Waals surface area contributed by atoms with Crippen molar-refractivity contribution < 1.29 is 24.2 Å². The Morgan fingerprint density at radius 2 is 1.64 bits per heavy atom. The summed E-state index contributed by atoms with van der Waals surface area (Å²) in [7, 11) is 2.03.